The Bertz CT molecular complexity index is 857. The Morgan fingerprint density at radius 2 is 1.62 bits per heavy atom. The molecule has 0 radical (unpaired) electrons. The van der Waals surface area contributed by atoms with Gasteiger partial charge in [0.15, 0.2) is 0 Å². The largest absolute Gasteiger partial charge is 0.481 e. The Balaban J connectivity index is 3.04. The molecule has 1 heterocycles. The van der Waals surface area contributed by atoms with E-state index in [1.807, 2.05) is 0 Å². The van der Waals surface area contributed by atoms with Crippen LogP contribution in [0, 0.1) is 5.92 Å². The first kappa shape index (κ1) is 28.5. The Labute approximate surface area is 195 Å². The average molecular weight is 485 g/mol. The second kappa shape index (κ2) is 13.3. The van der Waals surface area contributed by atoms with E-state index >= 15 is 0 Å². The maximum Gasteiger partial charge on any atom is 0.326 e. The smallest absolute Gasteiger partial charge is 0.326 e. The second-order valence-electron chi connectivity index (χ2n) is 8.17. The first-order chi connectivity index (χ1) is 15.8. The van der Waals surface area contributed by atoms with Crippen LogP contribution in [-0.2, 0) is 30.4 Å². The number of aliphatic carboxylic acids is 2. The number of carbonyl (C=O) groups is 5. The number of aliphatic hydroxyl groups is 1. The second-order valence-corrected chi connectivity index (χ2v) is 8.17. The van der Waals surface area contributed by atoms with Gasteiger partial charge in [0.05, 0.1) is 18.5 Å². The fourth-order valence-electron chi connectivity index (χ4n) is 2.84. The van der Waals surface area contributed by atoms with Gasteiger partial charge in [0.25, 0.3) is 0 Å². The topological polar surface area (TPSA) is 237 Å². The molecule has 34 heavy (non-hydrogen) atoms. The van der Waals surface area contributed by atoms with Gasteiger partial charge < -0.3 is 42.0 Å². The highest BCUT2D eigenvalue weighted by Crippen LogP contribution is 2.05. The van der Waals surface area contributed by atoms with Gasteiger partial charge in [0.1, 0.15) is 18.1 Å². The summed E-state index contributed by atoms with van der Waals surface area (Å²) in [6.07, 6.45) is 0.379. The molecule has 5 atom stereocenters. The van der Waals surface area contributed by atoms with Gasteiger partial charge in [0.2, 0.25) is 17.7 Å². The molecule has 5 unspecified atom stereocenters. The number of aliphatic hydroxyl groups excluding tert-OH is 1. The predicted molar refractivity (Wildman–Crippen MR) is 117 cm³/mol. The molecule has 190 valence electrons. The van der Waals surface area contributed by atoms with E-state index < -0.39 is 66.4 Å². The van der Waals surface area contributed by atoms with Crippen molar-refractivity contribution in [3.8, 4) is 0 Å². The van der Waals surface area contributed by atoms with Crippen LogP contribution < -0.4 is 21.7 Å². The lowest BCUT2D eigenvalue weighted by atomic mass is 10.0. The molecule has 0 bridgehead atoms. The van der Waals surface area contributed by atoms with Crippen LogP contribution >= 0.6 is 0 Å². The van der Waals surface area contributed by atoms with Gasteiger partial charge in [0, 0.05) is 24.7 Å². The molecule has 3 amide bonds. The molecule has 1 rings (SSSR count). The van der Waals surface area contributed by atoms with Crippen molar-refractivity contribution in [1.82, 2.24) is 25.9 Å². The lowest BCUT2D eigenvalue weighted by Crippen LogP contribution is -2.60. The lowest BCUT2D eigenvalue weighted by molar-refractivity contribution is -0.143. The summed E-state index contributed by atoms with van der Waals surface area (Å²) in [6.45, 7) is 4.67. The summed E-state index contributed by atoms with van der Waals surface area (Å²) < 4.78 is 0. The van der Waals surface area contributed by atoms with Gasteiger partial charge in [-0.1, -0.05) is 13.8 Å². The number of rotatable bonds is 14. The van der Waals surface area contributed by atoms with Crippen LogP contribution in [0.15, 0.2) is 12.5 Å². The Kier molecular flexibility index (Phi) is 11.1. The van der Waals surface area contributed by atoms with E-state index in [-0.39, 0.29) is 18.8 Å². The number of imidazole rings is 1. The van der Waals surface area contributed by atoms with Crippen LogP contribution in [0.25, 0.3) is 0 Å². The molecule has 0 aliphatic carbocycles. The summed E-state index contributed by atoms with van der Waals surface area (Å²) in [7, 11) is 0. The fraction of sp³-hybridized carbons (Fsp3) is 0.600. The zero-order chi connectivity index (χ0) is 26.0. The number of amides is 3. The van der Waals surface area contributed by atoms with Gasteiger partial charge in [-0.3, -0.25) is 19.2 Å². The van der Waals surface area contributed by atoms with Crippen LogP contribution in [0.3, 0.4) is 0 Å². The van der Waals surface area contributed by atoms with Gasteiger partial charge in [-0.05, 0) is 19.3 Å². The van der Waals surface area contributed by atoms with Crippen molar-refractivity contribution < 1.29 is 39.3 Å². The van der Waals surface area contributed by atoms with Gasteiger partial charge in [-0.15, -0.1) is 0 Å². The lowest BCUT2D eigenvalue weighted by Gasteiger charge is -2.26. The molecule has 14 nitrogen and oxygen atoms in total. The number of H-pyrrole nitrogens is 1. The number of nitrogens with one attached hydrogen (secondary N) is 4. The summed E-state index contributed by atoms with van der Waals surface area (Å²) in [5, 5.41) is 35.1. The van der Waals surface area contributed by atoms with Gasteiger partial charge in [-0.25, -0.2) is 9.78 Å². The third-order valence-corrected chi connectivity index (χ3v) is 4.96. The molecule has 1 aromatic rings. The molecular formula is C20H32N6O8. The van der Waals surface area contributed by atoms with Crippen LogP contribution in [0.2, 0.25) is 0 Å². The number of aromatic amines is 1. The first-order valence-corrected chi connectivity index (χ1v) is 10.6. The Hall–Kier alpha value is -3.52. The number of nitrogens with two attached hydrogens (primary N) is 1. The van der Waals surface area contributed by atoms with Crippen molar-refractivity contribution in [2.75, 3.05) is 0 Å². The summed E-state index contributed by atoms with van der Waals surface area (Å²) >= 11 is 0. The third kappa shape index (κ3) is 9.15. The Morgan fingerprint density at radius 3 is 2.09 bits per heavy atom. The monoisotopic (exact) mass is 484 g/mol. The van der Waals surface area contributed by atoms with Crippen LogP contribution in [0.1, 0.15) is 39.3 Å². The summed E-state index contributed by atoms with van der Waals surface area (Å²) in [6, 6.07) is -5.24. The van der Waals surface area contributed by atoms with Crippen LogP contribution in [-0.4, -0.2) is 85.2 Å². The van der Waals surface area contributed by atoms with E-state index in [1.165, 1.54) is 19.4 Å². The first-order valence-electron chi connectivity index (χ1n) is 10.6. The molecule has 0 aliphatic rings. The van der Waals surface area contributed by atoms with E-state index in [1.54, 1.807) is 13.8 Å². The van der Waals surface area contributed by atoms with Crippen molar-refractivity contribution >= 4 is 29.7 Å². The van der Waals surface area contributed by atoms with E-state index in [0.717, 1.165) is 0 Å². The van der Waals surface area contributed by atoms with Crippen molar-refractivity contribution in [3.05, 3.63) is 18.2 Å². The normalized spacial score (nSPS) is 15.5. The molecular weight excluding hydrogens is 452 g/mol. The van der Waals surface area contributed by atoms with E-state index in [9.17, 15) is 34.2 Å². The molecule has 0 spiro atoms. The molecule has 9 N–H and O–H groups in total. The third-order valence-electron chi connectivity index (χ3n) is 4.96. The van der Waals surface area contributed by atoms with Gasteiger partial charge in [-0.2, -0.15) is 0 Å². The summed E-state index contributed by atoms with van der Waals surface area (Å²) in [5.74, 6) is -5.41. The number of hydrogen-bond donors (Lipinski definition) is 8. The molecule has 1 aromatic heterocycles. The summed E-state index contributed by atoms with van der Waals surface area (Å²) in [4.78, 5) is 66.8. The van der Waals surface area contributed by atoms with Crippen molar-refractivity contribution in [3.63, 3.8) is 0 Å². The standard InChI is InChI=1S/C20H32N6O8/c1-9(2)15(21)18(31)26-16(10(3)27)19(32)25-13(6-11-7-22-8-23-11)17(30)24-12(20(33)34)4-5-14(28)29/h7-10,12-13,15-16,27H,4-6,21H2,1-3H3,(H,22,23)(H,24,30)(H,25,32)(H,26,31)(H,28,29)(H,33,34). The number of nitrogens with zero attached hydrogens (tertiary/aromatic N) is 1. The highest BCUT2D eigenvalue weighted by Gasteiger charge is 2.33. The molecule has 14 heteroatoms. The Morgan fingerprint density at radius 1 is 1.00 bits per heavy atom. The number of hydrogen-bond acceptors (Lipinski definition) is 8. The van der Waals surface area contributed by atoms with Gasteiger partial charge >= 0.3 is 11.9 Å². The minimum atomic E-state index is -1.51. The molecule has 0 saturated heterocycles. The minimum absolute atomic E-state index is 0.130. The van der Waals surface area contributed by atoms with E-state index in [4.69, 9.17) is 10.8 Å². The van der Waals surface area contributed by atoms with E-state index in [0.29, 0.717) is 5.69 Å². The number of aromatic nitrogens is 2. The number of carboxylic acids is 2. The van der Waals surface area contributed by atoms with Crippen molar-refractivity contribution in [2.24, 2.45) is 11.7 Å². The quantitative estimate of drug-likeness (QED) is 0.141. The maximum absolute atomic E-state index is 12.9. The molecule has 0 aliphatic heterocycles. The SMILES string of the molecule is CC(C)C(N)C(=O)NC(C(=O)NC(Cc1cnc[nH]1)C(=O)NC(CCC(=O)O)C(=O)O)C(C)O. The molecule has 0 saturated carbocycles. The number of carbonyl (C=O) groups excluding carboxylic acids is 3. The highest BCUT2D eigenvalue weighted by molar-refractivity contribution is 5.94. The molecule has 0 aromatic carbocycles. The van der Waals surface area contributed by atoms with E-state index in [2.05, 4.69) is 25.9 Å². The van der Waals surface area contributed by atoms with Crippen molar-refractivity contribution in [2.45, 2.75) is 70.3 Å². The van der Waals surface area contributed by atoms with Crippen LogP contribution in [0.4, 0.5) is 0 Å². The molecule has 0 fully saturated rings. The minimum Gasteiger partial charge on any atom is -0.481 e. The maximum atomic E-state index is 12.9. The number of carboxylic acid groups (broad SMARTS) is 2. The van der Waals surface area contributed by atoms with Crippen molar-refractivity contribution in [1.29, 1.82) is 0 Å². The predicted octanol–water partition coefficient (Wildman–Crippen LogP) is -2.28. The zero-order valence-corrected chi connectivity index (χ0v) is 19.1. The highest BCUT2D eigenvalue weighted by atomic mass is 16.4. The average Bonchev–Trinajstić information content (AvgIpc) is 3.25. The van der Waals surface area contributed by atoms with Crippen LogP contribution in [0.5, 0.6) is 0 Å². The fourth-order valence-corrected chi connectivity index (χ4v) is 2.84. The summed E-state index contributed by atoms with van der Waals surface area (Å²) in [5.41, 5.74) is 6.21. The zero-order valence-electron chi connectivity index (χ0n) is 19.1.